The van der Waals surface area contributed by atoms with Crippen LogP contribution in [0.5, 0.6) is 0 Å². The van der Waals surface area contributed by atoms with E-state index in [1.54, 1.807) is 0 Å². The molecular formula is C10H15F2N3O2S. The molecule has 5 nitrogen and oxygen atoms in total. The maximum atomic E-state index is 12.2. The first-order valence-electron chi connectivity index (χ1n) is 5.32. The number of rotatable bonds is 6. The van der Waals surface area contributed by atoms with Crippen LogP contribution in [0.4, 0.5) is 14.6 Å². The van der Waals surface area contributed by atoms with E-state index >= 15 is 0 Å². The lowest BCUT2D eigenvalue weighted by molar-refractivity contribution is 0.126. The van der Waals surface area contributed by atoms with E-state index in [-0.39, 0.29) is 4.90 Å². The Balaban J connectivity index is 3.00. The Morgan fingerprint density at radius 1 is 1.50 bits per heavy atom. The van der Waals surface area contributed by atoms with Gasteiger partial charge in [0.05, 0.1) is 11.4 Å². The summed E-state index contributed by atoms with van der Waals surface area (Å²) < 4.78 is 49.0. The van der Waals surface area contributed by atoms with Crippen molar-refractivity contribution < 1.29 is 17.2 Å². The molecule has 0 saturated heterocycles. The molecule has 0 radical (unpaired) electrons. The van der Waals surface area contributed by atoms with Crippen molar-refractivity contribution in [1.29, 1.82) is 0 Å². The zero-order valence-electron chi connectivity index (χ0n) is 10.1. The number of nitrogens with one attached hydrogen (secondary N) is 1. The predicted octanol–water partition coefficient (Wildman–Crippen LogP) is 1.40. The summed E-state index contributed by atoms with van der Waals surface area (Å²) in [6.45, 7) is 1.59. The molecule has 0 atom stereocenters. The lowest BCUT2D eigenvalue weighted by Crippen LogP contribution is -2.31. The molecule has 0 aliphatic rings. The standard InChI is InChI=1S/C10H15F2N3O2S/c1-3-13-10-6-8(4-5-14-10)18(16,17)15(2)7-9(11)12/h4-6,9H,3,7H2,1-2H3,(H,13,14). The molecular weight excluding hydrogens is 264 g/mol. The lowest BCUT2D eigenvalue weighted by atomic mass is 10.4. The van der Waals surface area contributed by atoms with E-state index in [9.17, 15) is 17.2 Å². The van der Waals surface area contributed by atoms with Crippen molar-refractivity contribution in [2.75, 3.05) is 25.5 Å². The van der Waals surface area contributed by atoms with Gasteiger partial charge in [0.1, 0.15) is 5.82 Å². The summed E-state index contributed by atoms with van der Waals surface area (Å²) in [5.41, 5.74) is 0. The molecule has 102 valence electrons. The first kappa shape index (κ1) is 14.8. The number of sulfonamides is 1. The van der Waals surface area contributed by atoms with Crippen molar-refractivity contribution in [1.82, 2.24) is 9.29 Å². The molecule has 8 heteroatoms. The van der Waals surface area contributed by atoms with Gasteiger partial charge < -0.3 is 5.32 Å². The highest BCUT2D eigenvalue weighted by atomic mass is 32.2. The predicted molar refractivity (Wildman–Crippen MR) is 64.2 cm³/mol. The Morgan fingerprint density at radius 2 is 2.17 bits per heavy atom. The topological polar surface area (TPSA) is 62.3 Å². The van der Waals surface area contributed by atoms with E-state index < -0.39 is 23.0 Å². The molecule has 0 bridgehead atoms. The molecule has 0 saturated carbocycles. The molecule has 0 aliphatic carbocycles. The number of nitrogens with zero attached hydrogens (tertiary/aromatic N) is 2. The Hall–Kier alpha value is -1.28. The molecule has 0 aliphatic heterocycles. The van der Waals surface area contributed by atoms with Gasteiger partial charge in [0, 0.05) is 25.9 Å². The second-order valence-corrected chi connectivity index (χ2v) is 5.63. The Kier molecular flexibility index (Phi) is 4.97. The van der Waals surface area contributed by atoms with Crippen molar-refractivity contribution in [3.05, 3.63) is 18.3 Å². The first-order valence-corrected chi connectivity index (χ1v) is 6.76. The fourth-order valence-corrected chi connectivity index (χ4v) is 2.48. The first-order chi connectivity index (χ1) is 8.37. The molecule has 0 aromatic carbocycles. The molecule has 0 amide bonds. The second-order valence-electron chi connectivity index (χ2n) is 3.58. The molecule has 0 fully saturated rings. The number of pyridine rings is 1. The minimum absolute atomic E-state index is 0.0587. The fourth-order valence-electron chi connectivity index (χ4n) is 1.32. The van der Waals surface area contributed by atoms with Gasteiger partial charge in [0.15, 0.2) is 0 Å². The molecule has 1 N–H and O–H groups in total. The lowest BCUT2D eigenvalue weighted by Gasteiger charge is -2.16. The van der Waals surface area contributed by atoms with Crippen LogP contribution in [0.1, 0.15) is 6.92 Å². The maximum absolute atomic E-state index is 12.2. The summed E-state index contributed by atoms with van der Waals surface area (Å²) >= 11 is 0. The molecule has 18 heavy (non-hydrogen) atoms. The smallest absolute Gasteiger partial charge is 0.252 e. The van der Waals surface area contributed by atoms with Crippen LogP contribution in [0.15, 0.2) is 23.2 Å². The summed E-state index contributed by atoms with van der Waals surface area (Å²) in [7, 11) is -2.78. The minimum Gasteiger partial charge on any atom is -0.370 e. The van der Waals surface area contributed by atoms with E-state index in [0.29, 0.717) is 16.7 Å². The van der Waals surface area contributed by atoms with Crippen molar-refractivity contribution in [3.8, 4) is 0 Å². The van der Waals surface area contributed by atoms with Gasteiger partial charge in [-0.1, -0.05) is 0 Å². The van der Waals surface area contributed by atoms with Gasteiger partial charge in [-0.3, -0.25) is 0 Å². The van der Waals surface area contributed by atoms with E-state index in [1.807, 2.05) is 6.92 Å². The number of anilines is 1. The molecule has 0 spiro atoms. The van der Waals surface area contributed by atoms with Gasteiger partial charge in [0.2, 0.25) is 10.0 Å². The van der Waals surface area contributed by atoms with E-state index in [1.165, 1.54) is 18.3 Å². The monoisotopic (exact) mass is 279 g/mol. The largest absolute Gasteiger partial charge is 0.370 e. The van der Waals surface area contributed by atoms with Crippen LogP contribution in [0, 0.1) is 0 Å². The van der Waals surface area contributed by atoms with Gasteiger partial charge in [-0.05, 0) is 13.0 Å². The van der Waals surface area contributed by atoms with Crippen molar-refractivity contribution >= 4 is 15.8 Å². The van der Waals surface area contributed by atoms with Crippen LogP contribution in [0.3, 0.4) is 0 Å². The van der Waals surface area contributed by atoms with Crippen LogP contribution in [-0.2, 0) is 10.0 Å². The van der Waals surface area contributed by atoms with Crippen LogP contribution >= 0.6 is 0 Å². The Bertz CT molecular complexity index is 494. The van der Waals surface area contributed by atoms with E-state index in [2.05, 4.69) is 10.3 Å². The summed E-state index contributed by atoms with van der Waals surface area (Å²) in [6, 6.07) is 2.60. The maximum Gasteiger partial charge on any atom is 0.252 e. The average Bonchev–Trinajstić information content (AvgIpc) is 2.29. The van der Waals surface area contributed by atoms with E-state index in [0.717, 1.165) is 7.05 Å². The highest BCUT2D eigenvalue weighted by molar-refractivity contribution is 7.89. The Morgan fingerprint density at radius 3 is 2.72 bits per heavy atom. The number of halogens is 2. The molecule has 1 rings (SSSR count). The SMILES string of the molecule is CCNc1cc(S(=O)(=O)N(C)CC(F)F)ccn1. The Labute approximate surface area is 105 Å². The number of hydrogen-bond donors (Lipinski definition) is 1. The number of alkyl halides is 2. The summed E-state index contributed by atoms with van der Waals surface area (Å²) in [5.74, 6) is 0.393. The molecule has 1 aromatic heterocycles. The van der Waals surface area contributed by atoms with Crippen LogP contribution in [0.2, 0.25) is 0 Å². The zero-order valence-corrected chi connectivity index (χ0v) is 10.9. The molecule has 0 unspecified atom stereocenters. The summed E-state index contributed by atoms with van der Waals surface area (Å²) in [5, 5.41) is 2.86. The molecule has 1 heterocycles. The number of aromatic nitrogens is 1. The van der Waals surface area contributed by atoms with E-state index in [4.69, 9.17) is 0 Å². The van der Waals surface area contributed by atoms with Crippen molar-refractivity contribution in [3.63, 3.8) is 0 Å². The summed E-state index contributed by atoms with van der Waals surface area (Å²) in [6.07, 6.45) is -1.39. The summed E-state index contributed by atoms with van der Waals surface area (Å²) in [4.78, 5) is 3.86. The highest BCUT2D eigenvalue weighted by Gasteiger charge is 2.23. The average molecular weight is 279 g/mol. The molecule has 1 aromatic rings. The third-order valence-corrected chi connectivity index (χ3v) is 4.01. The van der Waals surface area contributed by atoms with Gasteiger partial charge in [-0.25, -0.2) is 22.2 Å². The number of hydrogen-bond acceptors (Lipinski definition) is 4. The minimum atomic E-state index is -3.90. The van der Waals surface area contributed by atoms with Gasteiger partial charge in [-0.2, -0.15) is 4.31 Å². The zero-order chi connectivity index (χ0) is 13.8. The van der Waals surface area contributed by atoms with Crippen molar-refractivity contribution in [2.24, 2.45) is 0 Å². The third kappa shape index (κ3) is 3.61. The van der Waals surface area contributed by atoms with Gasteiger partial charge >= 0.3 is 0 Å². The highest BCUT2D eigenvalue weighted by Crippen LogP contribution is 2.17. The normalized spacial score (nSPS) is 12.1. The van der Waals surface area contributed by atoms with Gasteiger partial charge in [0.25, 0.3) is 6.43 Å². The second kappa shape index (κ2) is 6.05. The quantitative estimate of drug-likeness (QED) is 0.855. The van der Waals surface area contributed by atoms with Crippen LogP contribution < -0.4 is 5.32 Å². The fraction of sp³-hybridized carbons (Fsp3) is 0.500. The van der Waals surface area contributed by atoms with Gasteiger partial charge in [-0.15, -0.1) is 0 Å². The van der Waals surface area contributed by atoms with Crippen LogP contribution in [0.25, 0.3) is 0 Å². The van der Waals surface area contributed by atoms with Crippen LogP contribution in [-0.4, -0.2) is 44.3 Å². The third-order valence-electron chi connectivity index (χ3n) is 2.19. The van der Waals surface area contributed by atoms with Crippen molar-refractivity contribution in [2.45, 2.75) is 18.2 Å².